The fourth-order valence-corrected chi connectivity index (χ4v) is 2.85. The first kappa shape index (κ1) is 11.8. The number of hydrogen-bond donors (Lipinski definition) is 1. The molecule has 5 heteroatoms. The Morgan fingerprint density at radius 2 is 2.12 bits per heavy atom. The molecule has 1 saturated heterocycles. The molecular formula is C11H19N3OS. The number of nitrogens with two attached hydrogens (primary N) is 1. The van der Waals surface area contributed by atoms with Crippen molar-refractivity contribution in [3.8, 4) is 0 Å². The van der Waals surface area contributed by atoms with Crippen molar-refractivity contribution in [1.29, 1.82) is 0 Å². The molecule has 16 heavy (non-hydrogen) atoms. The summed E-state index contributed by atoms with van der Waals surface area (Å²) in [6.45, 7) is 8.01. The summed E-state index contributed by atoms with van der Waals surface area (Å²) in [5.41, 5.74) is 5.84. The fraction of sp³-hybridized carbons (Fsp3) is 0.727. The van der Waals surface area contributed by atoms with Crippen LogP contribution in [-0.2, 0) is 4.74 Å². The van der Waals surface area contributed by atoms with E-state index in [0.717, 1.165) is 23.1 Å². The van der Waals surface area contributed by atoms with E-state index < -0.39 is 0 Å². The van der Waals surface area contributed by atoms with Gasteiger partial charge in [-0.05, 0) is 20.8 Å². The highest BCUT2D eigenvalue weighted by molar-refractivity contribution is 7.15. The summed E-state index contributed by atoms with van der Waals surface area (Å²) in [6.07, 6.45) is 2.42. The molecule has 1 aromatic rings. The topological polar surface area (TPSA) is 51.4 Å². The molecule has 2 rings (SSSR count). The van der Waals surface area contributed by atoms with E-state index in [2.05, 4.69) is 23.7 Å². The normalized spacial score (nSPS) is 28.1. The highest BCUT2D eigenvalue weighted by Gasteiger charge is 2.24. The third kappa shape index (κ3) is 2.53. The number of ether oxygens (including phenoxy) is 1. The SMILES string of the molecule is CC1CN(c2ncc(C(C)N)s2)CC(C)O1. The fourth-order valence-electron chi connectivity index (χ4n) is 1.97. The van der Waals surface area contributed by atoms with E-state index in [-0.39, 0.29) is 18.2 Å². The van der Waals surface area contributed by atoms with Gasteiger partial charge in [-0.25, -0.2) is 4.98 Å². The Balaban J connectivity index is 2.10. The Bertz CT molecular complexity index is 343. The van der Waals surface area contributed by atoms with Crippen LogP contribution in [0.25, 0.3) is 0 Å². The van der Waals surface area contributed by atoms with E-state index in [1.165, 1.54) is 0 Å². The van der Waals surface area contributed by atoms with Gasteiger partial charge in [0.1, 0.15) is 0 Å². The van der Waals surface area contributed by atoms with Crippen molar-refractivity contribution in [2.24, 2.45) is 5.73 Å². The van der Waals surface area contributed by atoms with Crippen LogP contribution in [0.4, 0.5) is 5.13 Å². The highest BCUT2D eigenvalue weighted by atomic mass is 32.1. The summed E-state index contributed by atoms with van der Waals surface area (Å²) >= 11 is 1.69. The van der Waals surface area contributed by atoms with Crippen molar-refractivity contribution in [2.45, 2.75) is 39.0 Å². The summed E-state index contributed by atoms with van der Waals surface area (Å²) < 4.78 is 5.70. The van der Waals surface area contributed by atoms with Gasteiger partial charge < -0.3 is 15.4 Å². The molecule has 0 amide bonds. The quantitative estimate of drug-likeness (QED) is 0.857. The van der Waals surface area contributed by atoms with Crippen molar-refractivity contribution in [2.75, 3.05) is 18.0 Å². The van der Waals surface area contributed by atoms with Crippen molar-refractivity contribution in [3.05, 3.63) is 11.1 Å². The van der Waals surface area contributed by atoms with Crippen LogP contribution in [-0.4, -0.2) is 30.3 Å². The lowest BCUT2D eigenvalue weighted by Crippen LogP contribution is -2.45. The van der Waals surface area contributed by atoms with Gasteiger partial charge in [-0.15, -0.1) is 11.3 Å². The van der Waals surface area contributed by atoms with Gasteiger partial charge in [-0.1, -0.05) is 0 Å². The van der Waals surface area contributed by atoms with Crippen LogP contribution in [0.1, 0.15) is 31.7 Å². The van der Waals surface area contributed by atoms with Crippen molar-refractivity contribution < 1.29 is 4.74 Å². The molecule has 1 aliphatic rings. The van der Waals surface area contributed by atoms with E-state index in [0.29, 0.717) is 0 Å². The first-order valence-corrected chi connectivity index (χ1v) is 6.49. The minimum Gasteiger partial charge on any atom is -0.372 e. The first-order chi connectivity index (χ1) is 7.56. The molecule has 0 spiro atoms. The summed E-state index contributed by atoms with van der Waals surface area (Å²) in [6, 6.07) is 0.0714. The molecule has 2 heterocycles. The molecule has 4 nitrogen and oxygen atoms in total. The predicted molar refractivity (Wildman–Crippen MR) is 66.9 cm³/mol. The smallest absolute Gasteiger partial charge is 0.185 e. The first-order valence-electron chi connectivity index (χ1n) is 5.68. The standard InChI is InChI=1S/C11H19N3OS/c1-7-5-14(6-8(2)15-7)11-13-4-10(16-11)9(3)12/h4,7-9H,5-6,12H2,1-3H3. The second-order valence-electron chi connectivity index (χ2n) is 4.50. The van der Waals surface area contributed by atoms with Gasteiger partial charge in [0.25, 0.3) is 0 Å². The van der Waals surface area contributed by atoms with Crippen LogP contribution in [0.15, 0.2) is 6.20 Å². The lowest BCUT2D eigenvalue weighted by Gasteiger charge is -2.35. The zero-order valence-electron chi connectivity index (χ0n) is 10.0. The second-order valence-corrected chi connectivity index (χ2v) is 5.54. The number of aromatic nitrogens is 1. The predicted octanol–water partition coefficient (Wildman–Crippen LogP) is 1.78. The zero-order chi connectivity index (χ0) is 11.7. The van der Waals surface area contributed by atoms with Crippen LogP contribution in [0, 0.1) is 0 Å². The maximum Gasteiger partial charge on any atom is 0.185 e. The number of anilines is 1. The van der Waals surface area contributed by atoms with Crippen LogP contribution in [0.5, 0.6) is 0 Å². The maximum atomic E-state index is 5.84. The minimum atomic E-state index is 0.0714. The van der Waals surface area contributed by atoms with Gasteiger partial charge >= 0.3 is 0 Å². The van der Waals surface area contributed by atoms with Gasteiger partial charge in [0.2, 0.25) is 0 Å². The molecule has 90 valence electrons. The summed E-state index contributed by atoms with van der Waals surface area (Å²) in [5, 5.41) is 1.06. The molecule has 1 fully saturated rings. The van der Waals surface area contributed by atoms with Gasteiger partial charge in [0.05, 0.1) is 12.2 Å². The number of hydrogen-bond acceptors (Lipinski definition) is 5. The van der Waals surface area contributed by atoms with Crippen molar-refractivity contribution >= 4 is 16.5 Å². The maximum absolute atomic E-state index is 5.84. The second kappa shape index (κ2) is 4.69. The molecule has 0 bridgehead atoms. The summed E-state index contributed by atoms with van der Waals surface area (Å²) in [5.74, 6) is 0. The van der Waals surface area contributed by atoms with E-state index in [4.69, 9.17) is 10.5 Å². The van der Waals surface area contributed by atoms with Crippen molar-refractivity contribution in [3.63, 3.8) is 0 Å². The van der Waals surface area contributed by atoms with E-state index in [1.54, 1.807) is 11.3 Å². The van der Waals surface area contributed by atoms with Gasteiger partial charge in [-0.2, -0.15) is 0 Å². The molecule has 3 unspecified atom stereocenters. The van der Waals surface area contributed by atoms with Crippen molar-refractivity contribution in [1.82, 2.24) is 4.98 Å². The monoisotopic (exact) mass is 241 g/mol. The number of nitrogens with zero attached hydrogens (tertiary/aromatic N) is 2. The molecule has 0 saturated carbocycles. The molecular weight excluding hydrogens is 222 g/mol. The molecule has 0 radical (unpaired) electrons. The van der Waals surface area contributed by atoms with Crippen LogP contribution in [0.2, 0.25) is 0 Å². The Hall–Kier alpha value is -0.650. The molecule has 1 aliphatic heterocycles. The molecule has 3 atom stereocenters. The number of rotatable bonds is 2. The molecule has 0 aromatic carbocycles. The van der Waals surface area contributed by atoms with E-state index in [9.17, 15) is 0 Å². The number of thiazole rings is 1. The Morgan fingerprint density at radius 1 is 1.50 bits per heavy atom. The number of morpholine rings is 1. The summed E-state index contributed by atoms with van der Waals surface area (Å²) in [7, 11) is 0. The molecule has 1 aromatic heterocycles. The third-order valence-corrected chi connectivity index (χ3v) is 3.91. The lowest BCUT2D eigenvalue weighted by molar-refractivity contribution is -0.00522. The highest BCUT2D eigenvalue weighted by Crippen LogP contribution is 2.28. The minimum absolute atomic E-state index is 0.0714. The largest absolute Gasteiger partial charge is 0.372 e. The average Bonchev–Trinajstić information content (AvgIpc) is 2.64. The van der Waals surface area contributed by atoms with Gasteiger partial charge in [0, 0.05) is 30.2 Å². The van der Waals surface area contributed by atoms with Crippen LogP contribution in [0.3, 0.4) is 0 Å². The van der Waals surface area contributed by atoms with E-state index in [1.807, 2.05) is 13.1 Å². The van der Waals surface area contributed by atoms with Gasteiger partial charge in [-0.3, -0.25) is 0 Å². The zero-order valence-corrected chi connectivity index (χ0v) is 10.8. The van der Waals surface area contributed by atoms with E-state index >= 15 is 0 Å². The summed E-state index contributed by atoms with van der Waals surface area (Å²) in [4.78, 5) is 7.87. The Kier molecular flexibility index (Phi) is 3.47. The van der Waals surface area contributed by atoms with Gasteiger partial charge in [0.15, 0.2) is 5.13 Å². The Morgan fingerprint density at radius 3 is 2.62 bits per heavy atom. The average molecular weight is 241 g/mol. The molecule has 2 N–H and O–H groups in total. The lowest BCUT2D eigenvalue weighted by atomic mass is 10.2. The Labute approximate surface area is 100 Å². The van der Waals surface area contributed by atoms with Crippen LogP contribution < -0.4 is 10.6 Å². The third-order valence-electron chi connectivity index (χ3n) is 2.65. The van der Waals surface area contributed by atoms with Crippen LogP contribution >= 0.6 is 11.3 Å². The molecule has 0 aliphatic carbocycles.